The Balaban J connectivity index is 1.78. The molecular weight excluding hydrogens is 322 g/mol. The molecule has 1 aromatic heterocycles. The SMILES string of the molecule is Cc1[nH]c2ccccc2c1C(=O)[C@H](C)N(C)Cc1ccc(N(C)C)cc1. The number of para-hydroxylation sites is 1. The molecule has 0 amide bonds. The predicted octanol–water partition coefficient (Wildman–Crippen LogP) is 4.25. The normalized spacial score (nSPS) is 12.5. The third kappa shape index (κ3) is 3.51. The van der Waals surface area contributed by atoms with E-state index >= 15 is 0 Å². The van der Waals surface area contributed by atoms with E-state index in [1.165, 1.54) is 11.3 Å². The molecule has 0 saturated carbocycles. The van der Waals surface area contributed by atoms with Gasteiger partial charge in [0.15, 0.2) is 5.78 Å². The minimum atomic E-state index is -0.193. The van der Waals surface area contributed by atoms with E-state index in [9.17, 15) is 4.79 Å². The number of ketones is 1. The Morgan fingerprint density at radius 2 is 1.69 bits per heavy atom. The van der Waals surface area contributed by atoms with Gasteiger partial charge < -0.3 is 9.88 Å². The van der Waals surface area contributed by atoms with Crippen LogP contribution in [-0.4, -0.2) is 42.9 Å². The van der Waals surface area contributed by atoms with Crippen molar-refractivity contribution in [3.8, 4) is 0 Å². The van der Waals surface area contributed by atoms with Gasteiger partial charge in [0.25, 0.3) is 0 Å². The molecule has 4 heteroatoms. The van der Waals surface area contributed by atoms with E-state index in [2.05, 4.69) is 39.0 Å². The molecule has 0 aliphatic heterocycles. The van der Waals surface area contributed by atoms with Crippen molar-refractivity contribution in [2.24, 2.45) is 0 Å². The Bertz CT molecular complexity index is 909. The number of aromatic nitrogens is 1. The highest BCUT2D eigenvalue weighted by atomic mass is 16.1. The van der Waals surface area contributed by atoms with Crippen molar-refractivity contribution in [3.63, 3.8) is 0 Å². The maximum Gasteiger partial charge on any atom is 0.182 e. The number of benzene rings is 2. The van der Waals surface area contributed by atoms with Gasteiger partial charge in [-0.25, -0.2) is 0 Å². The standard InChI is InChI=1S/C22H27N3O/c1-15-21(19-8-6-7-9-20(19)23-15)22(26)16(2)25(5)14-17-10-12-18(13-11-17)24(3)4/h6-13,16,23H,14H2,1-5H3/t16-/m0/s1. The molecule has 0 spiro atoms. The van der Waals surface area contributed by atoms with Crippen molar-refractivity contribution in [2.45, 2.75) is 26.4 Å². The van der Waals surface area contributed by atoms with Crippen LogP contribution in [0.2, 0.25) is 0 Å². The third-order valence-corrected chi connectivity index (χ3v) is 5.07. The minimum Gasteiger partial charge on any atom is -0.378 e. The summed E-state index contributed by atoms with van der Waals surface area (Å²) in [5, 5.41) is 1.01. The van der Waals surface area contributed by atoms with Crippen LogP contribution in [0.15, 0.2) is 48.5 Å². The van der Waals surface area contributed by atoms with Crippen molar-refractivity contribution in [1.29, 1.82) is 0 Å². The molecule has 0 unspecified atom stereocenters. The lowest BCUT2D eigenvalue weighted by Crippen LogP contribution is -2.35. The van der Waals surface area contributed by atoms with Crippen LogP contribution in [0, 0.1) is 6.92 Å². The number of hydrogen-bond acceptors (Lipinski definition) is 3. The van der Waals surface area contributed by atoms with E-state index in [4.69, 9.17) is 0 Å². The van der Waals surface area contributed by atoms with Crippen LogP contribution < -0.4 is 4.90 Å². The topological polar surface area (TPSA) is 39.3 Å². The molecule has 1 N–H and O–H groups in total. The molecule has 3 aromatic rings. The number of nitrogens with zero attached hydrogens (tertiary/aromatic N) is 2. The number of carbonyl (C=O) groups excluding carboxylic acids is 1. The van der Waals surface area contributed by atoms with Gasteiger partial charge in [-0.1, -0.05) is 30.3 Å². The van der Waals surface area contributed by atoms with Crippen molar-refractivity contribution >= 4 is 22.4 Å². The molecule has 0 aliphatic carbocycles. The fourth-order valence-corrected chi connectivity index (χ4v) is 3.33. The highest BCUT2D eigenvalue weighted by molar-refractivity contribution is 6.11. The second-order valence-corrected chi connectivity index (χ2v) is 7.19. The monoisotopic (exact) mass is 349 g/mol. The van der Waals surface area contributed by atoms with Crippen LogP contribution in [0.1, 0.15) is 28.5 Å². The van der Waals surface area contributed by atoms with Crippen LogP contribution in [0.3, 0.4) is 0 Å². The minimum absolute atomic E-state index is 0.160. The van der Waals surface area contributed by atoms with E-state index in [0.29, 0.717) is 0 Å². The predicted molar refractivity (Wildman–Crippen MR) is 109 cm³/mol. The molecule has 2 aromatic carbocycles. The number of hydrogen-bond donors (Lipinski definition) is 1. The second kappa shape index (κ2) is 7.34. The van der Waals surface area contributed by atoms with Gasteiger partial charge in [0.2, 0.25) is 0 Å². The highest BCUT2D eigenvalue weighted by Crippen LogP contribution is 2.24. The number of nitrogens with one attached hydrogen (secondary N) is 1. The summed E-state index contributed by atoms with van der Waals surface area (Å²) in [6.45, 7) is 4.69. The molecule has 136 valence electrons. The maximum atomic E-state index is 13.1. The Hall–Kier alpha value is -2.59. The first-order valence-electron chi connectivity index (χ1n) is 8.96. The number of likely N-dealkylation sites (N-methyl/N-ethyl adjacent to an activating group) is 1. The van der Waals surface area contributed by atoms with Crippen LogP contribution in [0.25, 0.3) is 10.9 Å². The molecule has 4 nitrogen and oxygen atoms in total. The Morgan fingerprint density at radius 1 is 1.04 bits per heavy atom. The van der Waals surface area contributed by atoms with E-state index in [1.54, 1.807) is 0 Å². The zero-order valence-electron chi connectivity index (χ0n) is 16.2. The van der Waals surface area contributed by atoms with E-state index in [1.807, 2.05) is 59.3 Å². The lowest BCUT2D eigenvalue weighted by Gasteiger charge is -2.24. The zero-order chi connectivity index (χ0) is 18.8. The van der Waals surface area contributed by atoms with E-state index < -0.39 is 0 Å². The summed E-state index contributed by atoms with van der Waals surface area (Å²) in [5.41, 5.74) is 5.14. The maximum absolute atomic E-state index is 13.1. The summed E-state index contributed by atoms with van der Waals surface area (Å²) in [6, 6.07) is 16.3. The average molecular weight is 349 g/mol. The first-order valence-corrected chi connectivity index (χ1v) is 8.96. The molecule has 3 rings (SSSR count). The van der Waals surface area contributed by atoms with E-state index in [0.717, 1.165) is 28.7 Å². The fraction of sp³-hybridized carbons (Fsp3) is 0.318. The number of carbonyl (C=O) groups is 1. The summed E-state index contributed by atoms with van der Waals surface area (Å²) in [6.07, 6.45) is 0. The van der Waals surface area contributed by atoms with Crippen molar-refractivity contribution in [3.05, 3.63) is 65.4 Å². The smallest absolute Gasteiger partial charge is 0.182 e. The molecule has 0 bridgehead atoms. The number of aryl methyl sites for hydroxylation is 1. The number of anilines is 1. The number of Topliss-reactive ketones (excluding diaryl/α,β-unsaturated/α-hetero) is 1. The second-order valence-electron chi connectivity index (χ2n) is 7.19. The molecule has 1 heterocycles. The summed E-state index contributed by atoms with van der Waals surface area (Å²) in [5.74, 6) is 0.160. The van der Waals surface area contributed by atoms with Crippen molar-refractivity contribution in [1.82, 2.24) is 9.88 Å². The lowest BCUT2D eigenvalue weighted by molar-refractivity contribution is 0.0863. The molecule has 0 fully saturated rings. The van der Waals surface area contributed by atoms with Crippen LogP contribution in [0.5, 0.6) is 0 Å². The van der Waals surface area contributed by atoms with E-state index in [-0.39, 0.29) is 11.8 Å². The summed E-state index contributed by atoms with van der Waals surface area (Å²) < 4.78 is 0. The van der Waals surface area contributed by atoms with Gasteiger partial charge in [-0.3, -0.25) is 9.69 Å². The first-order chi connectivity index (χ1) is 12.4. The first kappa shape index (κ1) is 18.2. The Kier molecular flexibility index (Phi) is 5.14. The summed E-state index contributed by atoms with van der Waals surface area (Å²) >= 11 is 0. The average Bonchev–Trinajstić information content (AvgIpc) is 2.96. The molecular formula is C22H27N3O. The van der Waals surface area contributed by atoms with Gasteiger partial charge in [-0.2, -0.15) is 0 Å². The number of rotatable bonds is 6. The van der Waals surface area contributed by atoms with Crippen molar-refractivity contribution < 1.29 is 4.79 Å². The lowest BCUT2D eigenvalue weighted by atomic mass is 10.0. The van der Waals surface area contributed by atoms with Gasteiger partial charge in [-0.15, -0.1) is 0 Å². The number of fused-ring (bicyclic) bond motifs is 1. The molecule has 0 saturated heterocycles. The molecule has 0 aliphatic rings. The van der Waals surface area contributed by atoms with Gasteiger partial charge in [0.05, 0.1) is 6.04 Å². The quantitative estimate of drug-likeness (QED) is 0.677. The van der Waals surface area contributed by atoms with Crippen LogP contribution >= 0.6 is 0 Å². The van der Waals surface area contributed by atoms with Crippen LogP contribution in [0.4, 0.5) is 5.69 Å². The van der Waals surface area contributed by atoms with Gasteiger partial charge in [0.1, 0.15) is 0 Å². The van der Waals surface area contributed by atoms with Gasteiger partial charge in [0, 0.05) is 48.5 Å². The number of H-pyrrole nitrogens is 1. The summed E-state index contributed by atoms with van der Waals surface area (Å²) in [7, 11) is 6.07. The van der Waals surface area contributed by atoms with Gasteiger partial charge in [-0.05, 0) is 44.7 Å². The number of aromatic amines is 1. The molecule has 26 heavy (non-hydrogen) atoms. The van der Waals surface area contributed by atoms with Crippen LogP contribution in [-0.2, 0) is 6.54 Å². The largest absolute Gasteiger partial charge is 0.378 e. The van der Waals surface area contributed by atoms with Gasteiger partial charge >= 0.3 is 0 Å². The van der Waals surface area contributed by atoms with Crippen molar-refractivity contribution in [2.75, 3.05) is 26.0 Å². The fourth-order valence-electron chi connectivity index (χ4n) is 3.33. The zero-order valence-corrected chi connectivity index (χ0v) is 16.2. The molecule has 0 radical (unpaired) electrons. The highest BCUT2D eigenvalue weighted by Gasteiger charge is 2.24. The third-order valence-electron chi connectivity index (χ3n) is 5.07. The molecule has 1 atom stereocenters. The Morgan fingerprint density at radius 3 is 2.35 bits per heavy atom. The summed E-state index contributed by atoms with van der Waals surface area (Å²) in [4.78, 5) is 20.7. The Labute approximate surface area is 155 Å².